The molecule has 6 nitrogen and oxygen atoms in total. The number of sulfonamides is 1. The van der Waals surface area contributed by atoms with Gasteiger partial charge < -0.3 is 9.84 Å². The smallest absolute Gasteiger partial charge is 0.325 e. The number of thioether (sulfide) groups is 1. The van der Waals surface area contributed by atoms with Crippen LogP contribution in [0.2, 0.25) is 5.02 Å². The Morgan fingerprint density at radius 2 is 2.24 bits per heavy atom. The molecule has 116 valence electrons. The highest BCUT2D eigenvalue weighted by Crippen LogP contribution is 2.32. The Morgan fingerprint density at radius 3 is 2.76 bits per heavy atom. The first-order chi connectivity index (χ1) is 9.81. The van der Waals surface area contributed by atoms with Crippen molar-refractivity contribution in [3.8, 4) is 5.75 Å². The first kappa shape index (κ1) is 16.4. The van der Waals surface area contributed by atoms with E-state index in [9.17, 15) is 18.3 Å². The third-order valence-electron chi connectivity index (χ3n) is 3.18. The third kappa shape index (κ3) is 3.28. The summed E-state index contributed by atoms with van der Waals surface area (Å²) in [7, 11) is -2.71. The predicted molar refractivity (Wildman–Crippen MR) is 80.6 cm³/mol. The standard InChI is InChI=1S/C12H14ClNO5S2/c1-19-9-6-8(13)2-3-10(9)21(17,18)14-12(11(15)16)4-5-20-7-12/h2-3,6,14H,4-5,7H2,1H3,(H,15,16). The Labute approximate surface area is 131 Å². The fourth-order valence-corrected chi connectivity index (χ4v) is 5.15. The summed E-state index contributed by atoms with van der Waals surface area (Å²) in [6.45, 7) is 0. The minimum absolute atomic E-state index is 0.0705. The zero-order valence-electron chi connectivity index (χ0n) is 11.1. The van der Waals surface area contributed by atoms with Crippen molar-refractivity contribution in [1.82, 2.24) is 4.72 Å². The second-order valence-corrected chi connectivity index (χ2v) is 7.78. The van der Waals surface area contributed by atoms with Crippen molar-refractivity contribution in [2.45, 2.75) is 16.9 Å². The van der Waals surface area contributed by atoms with Gasteiger partial charge in [0.25, 0.3) is 0 Å². The van der Waals surface area contributed by atoms with Crippen LogP contribution < -0.4 is 9.46 Å². The second kappa shape index (κ2) is 6.04. The first-order valence-electron chi connectivity index (χ1n) is 5.99. The van der Waals surface area contributed by atoms with Gasteiger partial charge in [0.05, 0.1) is 7.11 Å². The first-order valence-corrected chi connectivity index (χ1v) is 9.01. The van der Waals surface area contributed by atoms with E-state index in [-0.39, 0.29) is 22.8 Å². The Hall–Kier alpha value is -0.960. The van der Waals surface area contributed by atoms with Crippen LogP contribution in [0, 0.1) is 0 Å². The number of aliphatic carboxylic acids is 1. The fourth-order valence-electron chi connectivity index (χ4n) is 2.03. The zero-order chi connectivity index (χ0) is 15.7. The van der Waals surface area contributed by atoms with E-state index in [4.69, 9.17) is 16.3 Å². The Kier molecular flexibility index (Phi) is 4.72. The Bertz CT molecular complexity index is 656. The van der Waals surface area contributed by atoms with Gasteiger partial charge in [0, 0.05) is 16.8 Å². The van der Waals surface area contributed by atoms with Crippen LogP contribution in [0.5, 0.6) is 5.75 Å². The maximum atomic E-state index is 12.5. The number of hydrogen-bond acceptors (Lipinski definition) is 5. The van der Waals surface area contributed by atoms with Gasteiger partial charge in [-0.15, -0.1) is 0 Å². The van der Waals surface area contributed by atoms with Crippen LogP contribution in [0.1, 0.15) is 6.42 Å². The van der Waals surface area contributed by atoms with Crippen molar-refractivity contribution >= 4 is 39.4 Å². The minimum atomic E-state index is -4.03. The molecule has 0 saturated carbocycles. The van der Waals surface area contributed by atoms with E-state index in [2.05, 4.69) is 4.72 Å². The molecule has 1 aromatic carbocycles. The van der Waals surface area contributed by atoms with E-state index in [1.807, 2.05) is 0 Å². The number of carboxylic acid groups (broad SMARTS) is 1. The number of nitrogens with one attached hydrogen (secondary N) is 1. The van der Waals surface area contributed by atoms with Crippen LogP contribution >= 0.6 is 23.4 Å². The molecular weight excluding hydrogens is 338 g/mol. The lowest BCUT2D eigenvalue weighted by atomic mass is 10.0. The van der Waals surface area contributed by atoms with E-state index >= 15 is 0 Å². The van der Waals surface area contributed by atoms with Gasteiger partial charge in [-0.3, -0.25) is 4.79 Å². The van der Waals surface area contributed by atoms with Gasteiger partial charge in [-0.25, -0.2) is 8.42 Å². The number of halogens is 1. The predicted octanol–water partition coefficient (Wildman–Crippen LogP) is 1.59. The van der Waals surface area contributed by atoms with Crippen LogP contribution in [0.25, 0.3) is 0 Å². The molecule has 21 heavy (non-hydrogen) atoms. The monoisotopic (exact) mass is 351 g/mol. The highest BCUT2D eigenvalue weighted by atomic mass is 35.5. The summed E-state index contributed by atoms with van der Waals surface area (Å²) >= 11 is 7.20. The SMILES string of the molecule is COc1cc(Cl)ccc1S(=O)(=O)NC1(C(=O)O)CCSC1. The maximum absolute atomic E-state index is 12.5. The van der Waals surface area contributed by atoms with E-state index in [1.165, 1.54) is 37.1 Å². The lowest BCUT2D eigenvalue weighted by Crippen LogP contribution is -2.54. The molecule has 0 amide bonds. The molecule has 1 heterocycles. The molecule has 0 aromatic heterocycles. The third-order valence-corrected chi connectivity index (χ3v) is 6.18. The highest BCUT2D eigenvalue weighted by molar-refractivity contribution is 7.99. The van der Waals surface area contributed by atoms with Gasteiger partial charge >= 0.3 is 5.97 Å². The summed E-state index contributed by atoms with van der Waals surface area (Å²) in [5.74, 6) is -0.325. The van der Waals surface area contributed by atoms with Crippen LogP contribution in [0.3, 0.4) is 0 Å². The van der Waals surface area contributed by atoms with E-state index < -0.39 is 21.5 Å². The summed E-state index contributed by atoms with van der Waals surface area (Å²) in [6, 6.07) is 4.07. The highest BCUT2D eigenvalue weighted by Gasteiger charge is 2.45. The average Bonchev–Trinajstić information content (AvgIpc) is 2.87. The topological polar surface area (TPSA) is 92.7 Å². The van der Waals surface area contributed by atoms with Gasteiger partial charge in [-0.05, 0) is 24.3 Å². The van der Waals surface area contributed by atoms with Crippen LogP contribution in [0.4, 0.5) is 0 Å². The Morgan fingerprint density at radius 1 is 1.52 bits per heavy atom. The largest absolute Gasteiger partial charge is 0.495 e. The number of hydrogen-bond donors (Lipinski definition) is 2. The van der Waals surface area contributed by atoms with Gasteiger partial charge in [-0.1, -0.05) is 11.6 Å². The molecule has 1 unspecified atom stereocenters. The van der Waals surface area contributed by atoms with Crippen LogP contribution in [0.15, 0.2) is 23.1 Å². The molecule has 0 radical (unpaired) electrons. The fraction of sp³-hybridized carbons (Fsp3) is 0.417. The summed E-state index contributed by atoms with van der Waals surface area (Å²) in [5.41, 5.74) is -1.48. The molecule has 1 aliphatic rings. The molecule has 1 fully saturated rings. The van der Waals surface area contributed by atoms with E-state index in [1.54, 1.807) is 0 Å². The zero-order valence-corrected chi connectivity index (χ0v) is 13.5. The number of methoxy groups -OCH3 is 1. The Balaban J connectivity index is 2.41. The lowest BCUT2D eigenvalue weighted by Gasteiger charge is -2.24. The van der Waals surface area contributed by atoms with Crippen molar-refractivity contribution in [3.63, 3.8) is 0 Å². The summed E-state index contributed by atoms with van der Waals surface area (Å²) in [6.07, 6.45) is 0.238. The van der Waals surface area contributed by atoms with Crippen molar-refractivity contribution in [1.29, 1.82) is 0 Å². The molecule has 9 heteroatoms. The number of rotatable bonds is 5. The van der Waals surface area contributed by atoms with Gasteiger partial charge in [0.1, 0.15) is 16.2 Å². The molecule has 2 rings (SSSR count). The number of ether oxygens (including phenoxy) is 1. The van der Waals surface area contributed by atoms with Crippen LogP contribution in [-0.4, -0.2) is 43.6 Å². The summed E-state index contributed by atoms with van der Waals surface area (Å²) in [5, 5.41) is 9.68. The molecular formula is C12H14ClNO5S2. The molecule has 1 aromatic rings. The van der Waals surface area contributed by atoms with Crippen molar-refractivity contribution in [3.05, 3.63) is 23.2 Å². The van der Waals surface area contributed by atoms with E-state index in [0.29, 0.717) is 10.8 Å². The number of benzene rings is 1. The minimum Gasteiger partial charge on any atom is -0.495 e. The molecule has 0 spiro atoms. The van der Waals surface area contributed by atoms with E-state index in [0.717, 1.165) is 0 Å². The summed E-state index contributed by atoms with van der Waals surface area (Å²) in [4.78, 5) is 11.3. The van der Waals surface area contributed by atoms with Gasteiger partial charge in [0.2, 0.25) is 10.0 Å². The maximum Gasteiger partial charge on any atom is 0.325 e. The normalized spacial score (nSPS) is 22.2. The molecule has 1 atom stereocenters. The molecule has 0 bridgehead atoms. The van der Waals surface area contributed by atoms with Gasteiger partial charge in [-0.2, -0.15) is 16.5 Å². The second-order valence-electron chi connectivity index (χ2n) is 4.59. The van der Waals surface area contributed by atoms with Gasteiger partial charge in [0.15, 0.2) is 0 Å². The van der Waals surface area contributed by atoms with Crippen molar-refractivity contribution in [2.24, 2.45) is 0 Å². The lowest BCUT2D eigenvalue weighted by molar-refractivity contribution is -0.142. The van der Waals surface area contributed by atoms with Crippen LogP contribution in [-0.2, 0) is 14.8 Å². The van der Waals surface area contributed by atoms with Crippen molar-refractivity contribution in [2.75, 3.05) is 18.6 Å². The summed E-state index contributed by atoms with van der Waals surface area (Å²) < 4.78 is 32.3. The molecule has 2 N–H and O–H groups in total. The quantitative estimate of drug-likeness (QED) is 0.836. The molecule has 0 aliphatic carbocycles. The average molecular weight is 352 g/mol. The molecule has 1 aliphatic heterocycles. The number of carboxylic acids is 1. The number of carbonyl (C=O) groups is 1. The molecule has 1 saturated heterocycles. The van der Waals surface area contributed by atoms with Crippen molar-refractivity contribution < 1.29 is 23.1 Å².